The Morgan fingerprint density at radius 3 is 2.50 bits per heavy atom. The Hall–Kier alpha value is -0.420. The van der Waals surface area contributed by atoms with E-state index in [-0.39, 0.29) is 5.03 Å². The third-order valence-corrected chi connectivity index (χ3v) is 4.33. The maximum atomic E-state index is 11.5. The van der Waals surface area contributed by atoms with Crippen LogP contribution in [-0.4, -0.2) is 18.7 Å². The number of thiazole rings is 1. The van der Waals surface area contributed by atoms with Gasteiger partial charge < -0.3 is 0 Å². The summed E-state index contributed by atoms with van der Waals surface area (Å²) in [5, 5.41) is 1.79. The fourth-order valence-corrected chi connectivity index (χ4v) is 2.57. The van der Waals surface area contributed by atoms with Gasteiger partial charge in [-0.15, -0.1) is 11.3 Å². The molecule has 1 rings (SSSR count). The molecule has 0 N–H and O–H groups in total. The van der Waals surface area contributed by atoms with Crippen LogP contribution in [0, 0.1) is 6.92 Å². The molecule has 0 aliphatic carbocycles. The van der Waals surface area contributed by atoms with Crippen molar-refractivity contribution in [2.75, 3.05) is 0 Å². The van der Waals surface area contributed by atoms with Crippen molar-refractivity contribution in [1.82, 2.24) is 4.98 Å². The quantitative estimate of drug-likeness (QED) is 0.733. The zero-order valence-corrected chi connectivity index (χ0v) is 8.58. The van der Waals surface area contributed by atoms with Crippen molar-refractivity contribution in [1.29, 1.82) is 0 Å². The third-order valence-electron chi connectivity index (χ3n) is 1.44. The molecule has 0 unspecified atom stereocenters. The van der Waals surface area contributed by atoms with Crippen LogP contribution in [0.1, 0.15) is 18.9 Å². The molecule has 5 heteroatoms. The van der Waals surface area contributed by atoms with Gasteiger partial charge in [0, 0.05) is 12.3 Å². The summed E-state index contributed by atoms with van der Waals surface area (Å²) >= 11 is 1.25. The van der Waals surface area contributed by atoms with Gasteiger partial charge in [0.2, 0.25) is 0 Å². The SMILES string of the molecule is [CH2]c1nc(S(=O)(=O)C(C)C)cs1. The molecule has 0 aliphatic heterocycles. The predicted molar refractivity (Wildman–Crippen MR) is 48.9 cm³/mol. The van der Waals surface area contributed by atoms with Crippen LogP contribution in [0.25, 0.3) is 0 Å². The van der Waals surface area contributed by atoms with E-state index in [0.717, 1.165) is 0 Å². The van der Waals surface area contributed by atoms with Gasteiger partial charge in [-0.2, -0.15) is 0 Å². The first-order chi connectivity index (χ1) is 5.44. The number of sulfone groups is 1. The van der Waals surface area contributed by atoms with E-state index in [1.54, 1.807) is 13.8 Å². The largest absolute Gasteiger partial charge is 0.230 e. The number of hydrogen-bond donors (Lipinski definition) is 0. The van der Waals surface area contributed by atoms with Gasteiger partial charge >= 0.3 is 0 Å². The summed E-state index contributed by atoms with van der Waals surface area (Å²) in [7, 11) is -3.20. The first kappa shape index (κ1) is 9.67. The van der Waals surface area contributed by atoms with Crippen molar-refractivity contribution in [3.63, 3.8) is 0 Å². The van der Waals surface area contributed by atoms with E-state index in [2.05, 4.69) is 11.9 Å². The van der Waals surface area contributed by atoms with Crippen LogP contribution in [0.2, 0.25) is 0 Å². The van der Waals surface area contributed by atoms with E-state index in [0.29, 0.717) is 5.01 Å². The minimum Gasteiger partial charge on any atom is -0.230 e. The van der Waals surface area contributed by atoms with Crippen LogP contribution in [0.3, 0.4) is 0 Å². The van der Waals surface area contributed by atoms with Crippen molar-refractivity contribution >= 4 is 21.2 Å². The normalized spacial score (nSPS) is 12.3. The number of hydrogen-bond acceptors (Lipinski definition) is 4. The van der Waals surface area contributed by atoms with Crippen LogP contribution >= 0.6 is 11.3 Å². The van der Waals surface area contributed by atoms with Crippen LogP contribution in [-0.2, 0) is 9.84 Å². The fourth-order valence-electron chi connectivity index (χ4n) is 0.666. The Balaban J connectivity index is 3.15. The summed E-state index contributed by atoms with van der Waals surface area (Å²) < 4.78 is 22.9. The van der Waals surface area contributed by atoms with Crippen molar-refractivity contribution in [2.45, 2.75) is 24.1 Å². The zero-order chi connectivity index (χ0) is 9.35. The molecule has 0 saturated heterocycles. The van der Waals surface area contributed by atoms with E-state index in [4.69, 9.17) is 0 Å². The van der Waals surface area contributed by atoms with E-state index in [1.165, 1.54) is 16.7 Å². The summed E-state index contributed by atoms with van der Waals surface area (Å²) in [6, 6.07) is 0. The summed E-state index contributed by atoms with van der Waals surface area (Å²) in [5.41, 5.74) is 0. The number of nitrogens with zero attached hydrogens (tertiary/aromatic N) is 1. The van der Waals surface area contributed by atoms with Gasteiger partial charge in [-0.25, -0.2) is 13.4 Å². The molecule has 0 aliphatic rings. The van der Waals surface area contributed by atoms with Crippen molar-refractivity contribution < 1.29 is 8.42 Å². The van der Waals surface area contributed by atoms with E-state index < -0.39 is 15.1 Å². The molecular weight excluding hydrogens is 194 g/mol. The predicted octanol–water partition coefficient (Wildman–Crippen LogP) is 1.51. The lowest BCUT2D eigenvalue weighted by Gasteiger charge is -2.02. The second-order valence-electron chi connectivity index (χ2n) is 2.67. The average Bonchev–Trinajstić information content (AvgIpc) is 2.35. The first-order valence-electron chi connectivity index (χ1n) is 3.46. The van der Waals surface area contributed by atoms with Gasteiger partial charge in [0.05, 0.1) is 10.3 Å². The van der Waals surface area contributed by atoms with E-state index in [9.17, 15) is 8.42 Å². The summed E-state index contributed by atoms with van der Waals surface area (Å²) in [6.45, 7) is 6.83. The smallest absolute Gasteiger partial charge is 0.198 e. The Morgan fingerprint density at radius 2 is 2.17 bits per heavy atom. The molecule has 0 aromatic carbocycles. The highest BCUT2D eigenvalue weighted by molar-refractivity contribution is 7.92. The highest BCUT2D eigenvalue weighted by atomic mass is 32.2. The minimum atomic E-state index is -3.20. The van der Waals surface area contributed by atoms with E-state index in [1.807, 2.05) is 0 Å². The van der Waals surface area contributed by atoms with Crippen LogP contribution in [0.15, 0.2) is 10.4 Å². The summed E-state index contributed by atoms with van der Waals surface area (Å²) in [6.07, 6.45) is 0. The second-order valence-corrected chi connectivity index (χ2v) is 6.07. The molecule has 0 bridgehead atoms. The molecule has 1 heterocycles. The molecule has 1 aromatic heterocycles. The summed E-state index contributed by atoms with van der Waals surface area (Å²) in [4.78, 5) is 3.82. The van der Waals surface area contributed by atoms with Gasteiger partial charge in [-0.3, -0.25) is 0 Å². The standard InChI is InChI=1S/C7H10NO2S2/c1-5(2)12(9,10)7-4-11-6(3)8-7/h4-5H,3H2,1-2H3. The molecule has 3 nitrogen and oxygen atoms in total. The van der Waals surface area contributed by atoms with Crippen LogP contribution in [0.4, 0.5) is 0 Å². The minimum absolute atomic E-state index is 0.146. The molecule has 0 saturated carbocycles. The van der Waals surface area contributed by atoms with Gasteiger partial charge in [0.15, 0.2) is 14.9 Å². The van der Waals surface area contributed by atoms with Crippen molar-refractivity contribution in [3.05, 3.63) is 17.3 Å². The number of rotatable bonds is 2. The third kappa shape index (κ3) is 1.67. The lowest BCUT2D eigenvalue weighted by Crippen LogP contribution is -2.14. The van der Waals surface area contributed by atoms with Gasteiger partial charge in [-0.1, -0.05) is 0 Å². The monoisotopic (exact) mass is 204 g/mol. The summed E-state index contributed by atoms with van der Waals surface area (Å²) in [5.74, 6) is 0. The Labute approximate surface area is 76.4 Å². The number of aromatic nitrogens is 1. The molecule has 0 amide bonds. The average molecular weight is 204 g/mol. The Bertz CT molecular complexity index is 365. The molecule has 12 heavy (non-hydrogen) atoms. The topological polar surface area (TPSA) is 47.0 Å². The highest BCUT2D eigenvalue weighted by Crippen LogP contribution is 2.17. The van der Waals surface area contributed by atoms with Crippen molar-refractivity contribution in [2.24, 2.45) is 0 Å². The van der Waals surface area contributed by atoms with Crippen molar-refractivity contribution in [3.8, 4) is 0 Å². The molecule has 1 aromatic rings. The maximum absolute atomic E-state index is 11.5. The van der Waals surface area contributed by atoms with E-state index >= 15 is 0 Å². The van der Waals surface area contributed by atoms with Gasteiger partial charge in [0.1, 0.15) is 0 Å². The first-order valence-corrected chi connectivity index (χ1v) is 5.88. The lowest BCUT2D eigenvalue weighted by molar-refractivity contribution is 0.584. The Morgan fingerprint density at radius 1 is 1.58 bits per heavy atom. The van der Waals surface area contributed by atoms with Gasteiger partial charge in [0.25, 0.3) is 0 Å². The highest BCUT2D eigenvalue weighted by Gasteiger charge is 2.21. The molecule has 67 valence electrons. The lowest BCUT2D eigenvalue weighted by atomic mass is 10.6. The molecule has 1 radical (unpaired) electrons. The van der Waals surface area contributed by atoms with Crippen LogP contribution < -0.4 is 0 Å². The second kappa shape index (κ2) is 3.14. The molecule has 0 fully saturated rings. The molecule has 0 atom stereocenters. The molecule has 0 spiro atoms. The Kier molecular flexibility index (Phi) is 2.53. The van der Waals surface area contributed by atoms with Gasteiger partial charge in [-0.05, 0) is 13.8 Å². The zero-order valence-electron chi connectivity index (χ0n) is 6.94. The van der Waals surface area contributed by atoms with Crippen LogP contribution in [0.5, 0.6) is 0 Å². The fraction of sp³-hybridized carbons (Fsp3) is 0.429. The molecular formula is C7H10NO2S2. The maximum Gasteiger partial charge on any atom is 0.198 e.